The lowest BCUT2D eigenvalue weighted by Crippen LogP contribution is -2.11. The topological polar surface area (TPSA) is 48.3 Å². The second kappa shape index (κ2) is 6.84. The number of Topliss-reactive ketones (excluding diaryl/α,β-unsaturated/α-hetero) is 1. The fraction of sp³-hybridized carbons (Fsp3) is 0.222. The molecule has 0 fully saturated rings. The number of carbonyl (C=O) groups is 2. The van der Waals surface area contributed by atoms with Crippen LogP contribution in [0.4, 0.5) is 0 Å². The summed E-state index contributed by atoms with van der Waals surface area (Å²) in [7, 11) is 1.26. The summed E-state index contributed by atoms with van der Waals surface area (Å²) < 4.78 is 6.66. The number of ketones is 1. The van der Waals surface area contributed by atoms with E-state index < -0.39 is 5.97 Å². The van der Waals surface area contributed by atoms with Crippen LogP contribution >= 0.6 is 11.6 Å². The maximum atomic E-state index is 11.7. The van der Waals surface area contributed by atoms with Gasteiger partial charge in [-0.1, -0.05) is 23.7 Å². The molecule has 0 spiro atoms. The van der Waals surface area contributed by atoms with Gasteiger partial charge < -0.3 is 9.30 Å². The highest BCUT2D eigenvalue weighted by molar-refractivity contribution is 6.32. The van der Waals surface area contributed by atoms with Gasteiger partial charge in [0.15, 0.2) is 5.78 Å². The van der Waals surface area contributed by atoms with Crippen molar-refractivity contribution in [3.63, 3.8) is 0 Å². The Morgan fingerprint density at radius 2 is 1.87 bits per heavy atom. The van der Waals surface area contributed by atoms with Gasteiger partial charge in [-0.05, 0) is 50.6 Å². The molecule has 0 saturated heterocycles. The van der Waals surface area contributed by atoms with Crippen LogP contribution in [-0.2, 0) is 14.3 Å². The number of esters is 1. The second-order valence-electron chi connectivity index (χ2n) is 5.22. The summed E-state index contributed by atoms with van der Waals surface area (Å²) in [5.41, 5.74) is 3.49. The third-order valence-corrected chi connectivity index (χ3v) is 3.97. The third-order valence-electron chi connectivity index (χ3n) is 3.65. The number of benzene rings is 1. The van der Waals surface area contributed by atoms with E-state index in [0.717, 1.165) is 22.6 Å². The van der Waals surface area contributed by atoms with E-state index in [1.807, 2.05) is 48.7 Å². The summed E-state index contributed by atoms with van der Waals surface area (Å²) in [5, 5.41) is 0.629. The van der Waals surface area contributed by atoms with E-state index in [0.29, 0.717) is 5.02 Å². The zero-order valence-electron chi connectivity index (χ0n) is 13.5. The number of carbonyl (C=O) groups excluding carboxylic acids is 2. The average Bonchev–Trinajstić information content (AvgIpc) is 2.79. The van der Waals surface area contributed by atoms with Crippen LogP contribution in [0.25, 0.3) is 11.8 Å². The van der Waals surface area contributed by atoms with E-state index in [1.165, 1.54) is 14.0 Å². The van der Waals surface area contributed by atoms with Crippen molar-refractivity contribution in [1.82, 2.24) is 4.57 Å². The fourth-order valence-electron chi connectivity index (χ4n) is 2.51. The van der Waals surface area contributed by atoms with Crippen LogP contribution in [0.2, 0.25) is 5.02 Å². The molecule has 1 aromatic carbocycles. The summed E-state index contributed by atoms with van der Waals surface area (Å²) >= 11 is 6.28. The SMILES string of the molecule is COC(=O)C(=Cc1cc(C)n(-c2ccccc2Cl)c1C)C(C)=O. The highest BCUT2D eigenvalue weighted by Crippen LogP contribution is 2.27. The predicted octanol–water partition coefficient (Wildman–Crippen LogP) is 3.89. The zero-order valence-corrected chi connectivity index (χ0v) is 14.3. The molecule has 0 atom stereocenters. The van der Waals surface area contributed by atoms with Gasteiger partial charge in [-0.15, -0.1) is 0 Å². The fourth-order valence-corrected chi connectivity index (χ4v) is 2.73. The summed E-state index contributed by atoms with van der Waals surface area (Å²) in [6.45, 7) is 5.20. The van der Waals surface area contributed by atoms with Gasteiger partial charge in [0.25, 0.3) is 0 Å². The lowest BCUT2D eigenvalue weighted by molar-refractivity contribution is -0.137. The van der Waals surface area contributed by atoms with Crippen molar-refractivity contribution < 1.29 is 14.3 Å². The average molecular weight is 332 g/mol. The monoisotopic (exact) mass is 331 g/mol. The van der Waals surface area contributed by atoms with Crippen LogP contribution in [0, 0.1) is 13.8 Å². The molecular weight excluding hydrogens is 314 g/mol. The first kappa shape index (κ1) is 17.0. The lowest BCUT2D eigenvalue weighted by Gasteiger charge is -2.11. The number of hydrogen-bond donors (Lipinski definition) is 0. The predicted molar refractivity (Wildman–Crippen MR) is 90.9 cm³/mol. The number of rotatable bonds is 4. The Kier molecular flexibility index (Phi) is 5.06. The van der Waals surface area contributed by atoms with E-state index in [1.54, 1.807) is 6.08 Å². The number of aromatic nitrogens is 1. The van der Waals surface area contributed by atoms with Crippen LogP contribution in [0.3, 0.4) is 0 Å². The minimum absolute atomic E-state index is 0.0203. The summed E-state index contributed by atoms with van der Waals surface area (Å²) in [6, 6.07) is 9.42. The minimum Gasteiger partial charge on any atom is -0.465 e. The molecule has 120 valence electrons. The molecule has 0 radical (unpaired) electrons. The lowest BCUT2D eigenvalue weighted by atomic mass is 10.1. The van der Waals surface area contributed by atoms with Crippen LogP contribution in [0.1, 0.15) is 23.9 Å². The molecule has 2 aromatic rings. The number of nitrogens with zero attached hydrogens (tertiary/aromatic N) is 1. The molecule has 23 heavy (non-hydrogen) atoms. The summed E-state index contributed by atoms with van der Waals surface area (Å²) in [4.78, 5) is 23.4. The smallest absolute Gasteiger partial charge is 0.341 e. The van der Waals surface area contributed by atoms with Gasteiger partial charge in [0, 0.05) is 11.4 Å². The normalized spacial score (nSPS) is 11.4. The number of methoxy groups -OCH3 is 1. The van der Waals surface area contributed by atoms with Crippen LogP contribution < -0.4 is 0 Å². The van der Waals surface area contributed by atoms with Gasteiger partial charge in [-0.2, -0.15) is 0 Å². The zero-order chi connectivity index (χ0) is 17.1. The van der Waals surface area contributed by atoms with Crippen LogP contribution in [0.5, 0.6) is 0 Å². The molecule has 1 aromatic heterocycles. The number of halogens is 1. The van der Waals surface area contributed by atoms with E-state index >= 15 is 0 Å². The van der Waals surface area contributed by atoms with Crippen molar-refractivity contribution in [1.29, 1.82) is 0 Å². The van der Waals surface area contributed by atoms with Crippen molar-refractivity contribution in [3.05, 3.63) is 57.9 Å². The molecular formula is C18H18ClNO3. The molecule has 0 bridgehead atoms. The van der Waals surface area contributed by atoms with Gasteiger partial charge in [-0.3, -0.25) is 4.79 Å². The molecule has 5 heteroatoms. The van der Waals surface area contributed by atoms with Crippen LogP contribution in [-0.4, -0.2) is 23.4 Å². The Bertz CT molecular complexity index is 803. The van der Waals surface area contributed by atoms with E-state index in [4.69, 9.17) is 11.6 Å². The number of aryl methyl sites for hydroxylation is 1. The van der Waals surface area contributed by atoms with Crippen molar-refractivity contribution >= 4 is 29.4 Å². The van der Waals surface area contributed by atoms with E-state index in [-0.39, 0.29) is 11.4 Å². The Hall–Kier alpha value is -2.33. The molecule has 4 nitrogen and oxygen atoms in total. The Labute approximate surface area is 140 Å². The highest BCUT2D eigenvalue weighted by atomic mass is 35.5. The summed E-state index contributed by atoms with van der Waals surface area (Å²) in [6.07, 6.45) is 1.56. The van der Waals surface area contributed by atoms with Crippen molar-refractivity contribution in [2.24, 2.45) is 0 Å². The quantitative estimate of drug-likeness (QED) is 0.369. The molecule has 2 rings (SSSR count). The molecule has 0 unspecified atom stereocenters. The van der Waals surface area contributed by atoms with Gasteiger partial charge in [-0.25, -0.2) is 4.79 Å². The Morgan fingerprint density at radius 3 is 2.43 bits per heavy atom. The molecule has 1 heterocycles. The van der Waals surface area contributed by atoms with Gasteiger partial charge in [0.05, 0.1) is 17.8 Å². The molecule has 0 amide bonds. The molecule has 0 N–H and O–H groups in total. The first-order chi connectivity index (χ1) is 10.9. The molecule has 0 saturated carbocycles. The largest absolute Gasteiger partial charge is 0.465 e. The second-order valence-corrected chi connectivity index (χ2v) is 5.63. The number of hydrogen-bond acceptors (Lipinski definition) is 3. The number of ether oxygens (including phenoxy) is 1. The first-order valence-electron chi connectivity index (χ1n) is 7.11. The Morgan fingerprint density at radius 1 is 1.22 bits per heavy atom. The van der Waals surface area contributed by atoms with Crippen molar-refractivity contribution in [3.8, 4) is 5.69 Å². The first-order valence-corrected chi connectivity index (χ1v) is 7.49. The van der Waals surface area contributed by atoms with E-state index in [2.05, 4.69) is 4.74 Å². The Balaban J connectivity index is 2.60. The molecule has 0 aliphatic rings. The highest BCUT2D eigenvalue weighted by Gasteiger charge is 2.18. The maximum absolute atomic E-state index is 11.7. The van der Waals surface area contributed by atoms with Gasteiger partial charge >= 0.3 is 5.97 Å². The maximum Gasteiger partial charge on any atom is 0.341 e. The van der Waals surface area contributed by atoms with Gasteiger partial charge in [0.2, 0.25) is 0 Å². The molecule has 0 aliphatic heterocycles. The number of para-hydroxylation sites is 1. The molecule has 0 aliphatic carbocycles. The minimum atomic E-state index is -0.639. The van der Waals surface area contributed by atoms with Crippen LogP contribution in [0.15, 0.2) is 35.9 Å². The van der Waals surface area contributed by atoms with Crippen molar-refractivity contribution in [2.45, 2.75) is 20.8 Å². The van der Waals surface area contributed by atoms with E-state index in [9.17, 15) is 9.59 Å². The van der Waals surface area contributed by atoms with Crippen molar-refractivity contribution in [2.75, 3.05) is 7.11 Å². The standard InChI is InChI=1S/C18H18ClNO3/c1-11-9-14(10-15(13(3)21)18(22)23-4)12(2)20(11)17-8-6-5-7-16(17)19/h5-10H,1-4H3. The van der Waals surface area contributed by atoms with Gasteiger partial charge in [0.1, 0.15) is 5.57 Å². The third kappa shape index (κ3) is 3.37. The summed E-state index contributed by atoms with van der Waals surface area (Å²) in [5.74, 6) is -0.973.